The van der Waals surface area contributed by atoms with Gasteiger partial charge in [-0.1, -0.05) is 30.7 Å². The lowest BCUT2D eigenvalue weighted by atomic mass is 9.65. The van der Waals surface area contributed by atoms with E-state index in [1.807, 2.05) is 11.9 Å². The molecule has 1 aromatic carbocycles. The number of amides is 1. The second-order valence-corrected chi connectivity index (χ2v) is 7.90. The van der Waals surface area contributed by atoms with Crippen molar-refractivity contribution in [1.82, 2.24) is 4.90 Å². The number of hydrogen-bond donors (Lipinski definition) is 1. The first kappa shape index (κ1) is 15.2. The number of nitrogens with zero attached hydrogens (tertiary/aromatic N) is 1. The summed E-state index contributed by atoms with van der Waals surface area (Å²) in [5.41, 5.74) is 9.16. The van der Waals surface area contributed by atoms with Gasteiger partial charge in [0, 0.05) is 19.0 Å². The van der Waals surface area contributed by atoms with E-state index in [2.05, 4.69) is 24.3 Å². The normalized spacial score (nSPS) is 35.7. The highest BCUT2D eigenvalue weighted by Gasteiger charge is 2.42. The Kier molecular flexibility index (Phi) is 3.92. The molecule has 0 saturated heterocycles. The van der Waals surface area contributed by atoms with Gasteiger partial charge in [0.15, 0.2) is 0 Å². The van der Waals surface area contributed by atoms with Gasteiger partial charge in [0.2, 0.25) is 5.91 Å². The van der Waals surface area contributed by atoms with E-state index in [0.29, 0.717) is 23.8 Å². The minimum absolute atomic E-state index is 0.197. The monoisotopic (exact) mass is 312 g/mol. The lowest BCUT2D eigenvalue weighted by molar-refractivity contribution is -0.139. The Morgan fingerprint density at radius 2 is 1.83 bits per heavy atom. The molecule has 0 heterocycles. The van der Waals surface area contributed by atoms with Crippen molar-refractivity contribution >= 4 is 5.91 Å². The van der Waals surface area contributed by atoms with Crippen LogP contribution in [-0.2, 0) is 11.2 Å². The first-order valence-corrected chi connectivity index (χ1v) is 9.25. The quantitative estimate of drug-likeness (QED) is 0.911. The van der Waals surface area contributed by atoms with Gasteiger partial charge in [-0.15, -0.1) is 0 Å². The summed E-state index contributed by atoms with van der Waals surface area (Å²) < 4.78 is 0. The van der Waals surface area contributed by atoms with Crippen LogP contribution < -0.4 is 5.73 Å². The van der Waals surface area contributed by atoms with E-state index >= 15 is 0 Å². The molecule has 2 saturated carbocycles. The smallest absolute Gasteiger partial charge is 0.225 e. The zero-order chi connectivity index (χ0) is 16.0. The molecule has 124 valence electrons. The zero-order valence-electron chi connectivity index (χ0n) is 14.1. The van der Waals surface area contributed by atoms with Crippen LogP contribution in [0.2, 0.25) is 0 Å². The van der Waals surface area contributed by atoms with Crippen molar-refractivity contribution in [1.29, 1.82) is 0 Å². The molecule has 2 bridgehead atoms. The molecular weight excluding hydrogens is 284 g/mol. The third kappa shape index (κ3) is 2.59. The summed E-state index contributed by atoms with van der Waals surface area (Å²) >= 11 is 0. The molecule has 0 aliphatic heterocycles. The SMILES string of the molecule is CN(C(=O)C1CC2CCCC(C1)C2N)C1CCc2ccccc21. The molecule has 1 amide bonds. The van der Waals surface area contributed by atoms with E-state index in [4.69, 9.17) is 5.73 Å². The minimum atomic E-state index is 0.197. The number of hydrogen-bond acceptors (Lipinski definition) is 2. The van der Waals surface area contributed by atoms with Crippen molar-refractivity contribution in [3.63, 3.8) is 0 Å². The molecule has 3 atom stereocenters. The van der Waals surface area contributed by atoms with Crippen LogP contribution in [0, 0.1) is 17.8 Å². The van der Waals surface area contributed by atoms with Gasteiger partial charge in [-0.25, -0.2) is 0 Å². The van der Waals surface area contributed by atoms with Gasteiger partial charge >= 0.3 is 0 Å². The van der Waals surface area contributed by atoms with Crippen LogP contribution in [0.3, 0.4) is 0 Å². The summed E-state index contributed by atoms with van der Waals surface area (Å²) in [5, 5.41) is 0. The van der Waals surface area contributed by atoms with Crippen LogP contribution in [0.5, 0.6) is 0 Å². The molecule has 23 heavy (non-hydrogen) atoms. The number of carbonyl (C=O) groups excluding carboxylic acids is 1. The van der Waals surface area contributed by atoms with Gasteiger partial charge in [-0.2, -0.15) is 0 Å². The average molecular weight is 312 g/mol. The third-order valence-electron chi connectivity index (χ3n) is 6.68. The van der Waals surface area contributed by atoms with Gasteiger partial charge in [0.05, 0.1) is 6.04 Å². The van der Waals surface area contributed by atoms with Crippen molar-refractivity contribution in [3.8, 4) is 0 Å². The molecule has 4 rings (SSSR count). The number of aryl methyl sites for hydroxylation is 1. The van der Waals surface area contributed by atoms with Crippen molar-refractivity contribution in [2.24, 2.45) is 23.5 Å². The summed E-state index contributed by atoms with van der Waals surface area (Å²) in [6.07, 6.45) is 7.93. The Labute approximate surface area is 139 Å². The Bertz CT molecular complexity index is 585. The van der Waals surface area contributed by atoms with Crippen molar-refractivity contribution in [2.75, 3.05) is 7.05 Å². The second-order valence-electron chi connectivity index (χ2n) is 7.90. The van der Waals surface area contributed by atoms with E-state index in [1.165, 1.54) is 30.4 Å². The Balaban J connectivity index is 1.49. The van der Waals surface area contributed by atoms with Crippen molar-refractivity contribution in [2.45, 2.75) is 57.0 Å². The first-order chi connectivity index (χ1) is 11.1. The molecule has 0 aromatic heterocycles. The number of nitrogens with two attached hydrogens (primary N) is 1. The van der Waals surface area contributed by atoms with Crippen LogP contribution in [0.4, 0.5) is 0 Å². The van der Waals surface area contributed by atoms with Crippen LogP contribution in [0.15, 0.2) is 24.3 Å². The summed E-state index contributed by atoms with van der Waals surface area (Å²) in [6.45, 7) is 0. The number of benzene rings is 1. The van der Waals surface area contributed by atoms with E-state index < -0.39 is 0 Å². The number of fused-ring (bicyclic) bond motifs is 3. The molecule has 0 spiro atoms. The maximum Gasteiger partial charge on any atom is 0.225 e. The molecule has 0 radical (unpaired) electrons. The fourth-order valence-corrected chi connectivity index (χ4v) is 5.37. The third-order valence-corrected chi connectivity index (χ3v) is 6.68. The lowest BCUT2D eigenvalue weighted by Gasteiger charge is -2.44. The lowest BCUT2D eigenvalue weighted by Crippen LogP contribution is -2.49. The van der Waals surface area contributed by atoms with Gasteiger partial charge in [-0.05, 0) is 61.5 Å². The number of rotatable bonds is 2. The Morgan fingerprint density at radius 3 is 2.57 bits per heavy atom. The van der Waals surface area contributed by atoms with E-state index in [-0.39, 0.29) is 12.0 Å². The molecule has 3 aliphatic carbocycles. The standard InChI is InChI=1S/C20H28N2O/c1-22(18-10-9-13-5-2-3-8-17(13)18)20(23)16-11-14-6-4-7-15(12-16)19(14)21/h2-3,5,8,14-16,18-19H,4,6-7,9-12,21H2,1H3. The molecule has 2 N–H and O–H groups in total. The van der Waals surface area contributed by atoms with E-state index in [1.54, 1.807) is 0 Å². The highest BCUT2D eigenvalue weighted by Crippen LogP contribution is 2.43. The van der Waals surface area contributed by atoms with Crippen molar-refractivity contribution < 1.29 is 4.79 Å². The highest BCUT2D eigenvalue weighted by atomic mass is 16.2. The maximum atomic E-state index is 13.1. The molecular formula is C20H28N2O. The van der Waals surface area contributed by atoms with Gasteiger partial charge in [0.25, 0.3) is 0 Å². The number of carbonyl (C=O) groups is 1. The van der Waals surface area contributed by atoms with Crippen LogP contribution in [0.25, 0.3) is 0 Å². The molecule has 1 aromatic rings. The van der Waals surface area contributed by atoms with E-state index in [9.17, 15) is 4.79 Å². The molecule has 3 unspecified atom stereocenters. The molecule has 2 fully saturated rings. The Morgan fingerprint density at radius 1 is 1.13 bits per heavy atom. The van der Waals surface area contributed by atoms with E-state index in [0.717, 1.165) is 25.7 Å². The predicted octanol–water partition coefficient (Wildman–Crippen LogP) is 3.29. The maximum absolute atomic E-state index is 13.1. The topological polar surface area (TPSA) is 46.3 Å². The summed E-state index contributed by atoms with van der Waals surface area (Å²) in [7, 11) is 2.01. The van der Waals surface area contributed by atoms with Gasteiger partial charge < -0.3 is 10.6 Å². The van der Waals surface area contributed by atoms with Crippen LogP contribution >= 0.6 is 0 Å². The van der Waals surface area contributed by atoms with Gasteiger partial charge in [0.1, 0.15) is 0 Å². The zero-order valence-corrected chi connectivity index (χ0v) is 14.1. The van der Waals surface area contributed by atoms with Gasteiger partial charge in [-0.3, -0.25) is 4.79 Å². The second kappa shape index (κ2) is 5.94. The fraction of sp³-hybridized carbons (Fsp3) is 0.650. The van der Waals surface area contributed by atoms with Crippen molar-refractivity contribution in [3.05, 3.63) is 35.4 Å². The molecule has 3 nitrogen and oxygen atoms in total. The highest BCUT2D eigenvalue weighted by molar-refractivity contribution is 5.79. The molecule has 3 aliphatic rings. The Hall–Kier alpha value is -1.35. The largest absolute Gasteiger partial charge is 0.338 e. The van der Waals surface area contributed by atoms with Crippen LogP contribution in [-0.4, -0.2) is 23.9 Å². The van der Waals surface area contributed by atoms with Crippen LogP contribution in [0.1, 0.15) is 55.7 Å². The summed E-state index contributed by atoms with van der Waals surface area (Å²) in [5.74, 6) is 1.69. The first-order valence-electron chi connectivity index (χ1n) is 9.25. The molecule has 3 heteroatoms. The average Bonchev–Trinajstić information content (AvgIpc) is 2.97. The minimum Gasteiger partial charge on any atom is -0.338 e. The summed E-state index contributed by atoms with van der Waals surface area (Å²) in [4.78, 5) is 15.2. The summed E-state index contributed by atoms with van der Waals surface area (Å²) in [6, 6.07) is 9.21. The predicted molar refractivity (Wildman–Crippen MR) is 91.8 cm³/mol. The fourth-order valence-electron chi connectivity index (χ4n) is 5.37.